The van der Waals surface area contributed by atoms with Crippen LogP contribution >= 0.6 is 0 Å². The molecule has 0 saturated carbocycles. The van der Waals surface area contributed by atoms with E-state index in [1.807, 2.05) is 0 Å². The van der Waals surface area contributed by atoms with Gasteiger partial charge >= 0.3 is 0 Å². The lowest BCUT2D eigenvalue weighted by Crippen LogP contribution is -2.14. The Morgan fingerprint density at radius 2 is 1.64 bits per heavy atom. The van der Waals surface area contributed by atoms with Gasteiger partial charge in [0.25, 0.3) is 15.9 Å². The van der Waals surface area contributed by atoms with Crippen LogP contribution in [0.1, 0.15) is 5.56 Å². The molecule has 6 nitrogen and oxygen atoms in total. The molecule has 0 aliphatic carbocycles. The van der Waals surface area contributed by atoms with Gasteiger partial charge in [-0.15, -0.1) is 0 Å². The third kappa shape index (κ3) is 4.18. The fourth-order valence-corrected chi connectivity index (χ4v) is 2.75. The number of sulfonamides is 1. The number of benzene rings is 2. The fourth-order valence-electron chi connectivity index (χ4n) is 1.69. The van der Waals surface area contributed by atoms with Crippen molar-refractivity contribution >= 4 is 27.7 Å². The average Bonchev–Trinajstić information content (AvgIpc) is 2.53. The molecule has 114 valence electrons. The highest BCUT2D eigenvalue weighted by Crippen LogP contribution is 2.16. The molecule has 2 aromatic rings. The molecule has 22 heavy (non-hydrogen) atoms. The molecule has 0 unspecified atom stereocenters. The summed E-state index contributed by atoms with van der Waals surface area (Å²) in [5, 5.41) is 8.37. The molecular weight excluding hydrogens is 304 g/mol. The second-order valence-electron chi connectivity index (χ2n) is 4.35. The van der Waals surface area contributed by atoms with Crippen molar-refractivity contribution in [2.45, 2.75) is 4.90 Å². The summed E-state index contributed by atoms with van der Waals surface area (Å²) >= 11 is 0. The van der Waals surface area contributed by atoms with Crippen molar-refractivity contribution in [2.24, 2.45) is 0 Å². The Morgan fingerprint density at radius 3 is 2.23 bits per heavy atom. The smallest absolute Gasteiger partial charge is 0.267 e. The summed E-state index contributed by atoms with van der Waals surface area (Å²) in [6, 6.07) is 14.5. The van der Waals surface area contributed by atoms with Crippen molar-refractivity contribution in [3.8, 4) is 0 Å². The molecule has 0 spiro atoms. The van der Waals surface area contributed by atoms with Crippen LogP contribution in [-0.4, -0.2) is 19.5 Å². The van der Waals surface area contributed by atoms with Crippen LogP contribution in [0.5, 0.6) is 0 Å². The Labute approximate surface area is 128 Å². The van der Waals surface area contributed by atoms with Gasteiger partial charge in [-0.25, -0.2) is 13.9 Å². The van der Waals surface area contributed by atoms with Crippen LogP contribution in [0.4, 0.5) is 5.69 Å². The second kappa shape index (κ2) is 6.88. The van der Waals surface area contributed by atoms with Gasteiger partial charge in [-0.1, -0.05) is 30.3 Å². The average molecular weight is 318 g/mol. The number of hydroxylamine groups is 1. The van der Waals surface area contributed by atoms with Crippen molar-refractivity contribution in [1.29, 1.82) is 0 Å². The number of nitrogens with one attached hydrogen (secondary N) is 2. The van der Waals surface area contributed by atoms with Crippen LogP contribution in [0.3, 0.4) is 0 Å². The highest BCUT2D eigenvalue weighted by Gasteiger charge is 2.13. The molecule has 3 N–H and O–H groups in total. The van der Waals surface area contributed by atoms with Crippen LogP contribution in [0, 0.1) is 0 Å². The molecule has 0 aliphatic heterocycles. The van der Waals surface area contributed by atoms with Gasteiger partial charge in [0.1, 0.15) is 0 Å². The van der Waals surface area contributed by atoms with Crippen molar-refractivity contribution in [1.82, 2.24) is 5.48 Å². The largest absolute Gasteiger partial charge is 0.288 e. The summed E-state index contributed by atoms with van der Waals surface area (Å²) in [5.74, 6) is -0.664. The lowest BCUT2D eigenvalue weighted by Gasteiger charge is -2.08. The van der Waals surface area contributed by atoms with E-state index in [4.69, 9.17) is 5.21 Å². The first-order valence-corrected chi connectivity index (χ1v) is 7.80. The van der Waals surface area contributed by atoms with E-state index in [9.17, 15) is 13.2 Å². The van der Waals surface area contributed by atoms with Crippen LogP contribution < -0.4 is 10.2 Å². The molecule has 7 heteroatoms. The maximum absolute atomic E-state index is 12.2. The van der Waals surface area contributed by atoms with Crippen LogP contribution in [0.2, 0.25) is 0 Å². The zero-order valence-corrected chi connectivity index (χ0v) is 12.2. The van der Waals surface area contributed by atoms with Gasteiger partial charge in [-0.2, -0.15) is 0 Å². The molecule has 2 aromatic carbocycles. The Balaban J connectivity index is 2.15. The zero-order chi connectivity index (χ0) is 16.0. The van der Waals surface area contributed by atoms with E-state index >= 15 is 0 Å². The number of anilines is 1. The third-order valence-corrected chi connectivity index (χ3v) is 4.15. The summed E-state index contributed by atoms with van der Waals surface area (Å²) in [6.07, 6.45) is 2.58. The zero-order valence-electron chi connectivity index (χ0n) is 11.4. The molecule has 0 aromatic heterocycles. The molecule has 0 saturated heterocycles. The van der Waals surface area contributed by atoms with E-state index in [2.05, 4.69) is 4.72 Å². The topological polar surface area (TPSA) is 95.5 Å². The number of hydrogen-bond acceptors (Lipinski definition) is 4. The number of hydrogen-bond donors (Lipinski definition) is 3. The van der Waals surface area contributed by atoms with E-state index in [0.717, 1.165) is 6.08 Å². The van der Waals surface area contributed by atoms with Crippen molar-refractivity contribution in [3.63, 3.8) is 0 Å². The first kappa shape index (κ1) is 15.7. The lowest BCUT2D eigenvalue weighted by atomic mass is 10.2. The number of rotatable bonds is 5. The first-order valence-electron chi connectivity index (χ1n) is 6.31. The highest BCUT2D eigenvalue weighted by atomic mass is 32.2. The molecule has 2 rings (SSSR count). The number of carbonyl (C=O) groups is 1. The normalized spacial score (nSPS) is 11.3. The molecular formula is C15H14N2O4S. The van der Waals surface area contributed by atoms with Crippen molar-refractivity contribution < 1.29 is 18.4 Å². The lowest BCUT2D eigenvalue weighted by molar-refractivity contribution is -0.124. The standard InChI is InChI=1S/C15H14N2O4S/c18-15(16-19)11-8-12-6-9-14(10-7-12)22(20,21)17-13-4-2-1-3-5-13/h1-11,17,19H,(H,16,18)/b11-8+. The van der Waals surface area contributed by atoms with Crippen LogP contribution in [-0.2, 0) is 14.8 Å². The Hall–Kier alpha value is -2.64. The molecule has 0 heterocycles. The van der Waals surface area contributed by atoms with Crippen LogP contribution in [0.25, 0.3) is 6.08 Å². The minimum Gasteiger partial charge on any atom is -0.288 e. The first-order chi connectivity index (χ1) is 10.5. The predicted molar refractivity (Wildman–Crippen MR) is 82.7 cm³/mol. The van der Waals surface area contributed by atoms with E-state index in [1.54, 1.807) is 42.5 Å². The second-order valence-corrected chi connectivity index (χ2v) is 6.03. The molecule has 0 fully saturated rings. The minimum absolute atomic E-state index is 0.111. The van der Waals surface area contributed by atoms with Crippen LogP contribution in [0.15, 0.2) is 65.6 Å². The third-order valence-electron chi connectivity index (χ3n) is 2.75. The highest BCUT2D eigenvalue weighted by molar-refractivity contribution is 7.92. The Kier molecular flexibility index (Phi) is 4.92. The van der Waals surface area contributed by atoms with Crippen molar-refractivity contribution in [3.05, 3.63) is 66.2 Å². The maximum Gasteiger partial charge on any atom is 0.267 e. The number of amides is 1. The van der Waals surface area contributed by atoms with Gasteiger partial charge in [-0.3, -0.25) is 14.7 Å². The summed E-state index contributed by atoms with van der Waals surface area (Å²) in [7, 11) is -3.66. The molecule has 1 amide bonds. The predicted octanol–water partition coefficient (Wildman–Crippen LogP) is 2.01. The monoisotopic (exact) mass is 318 g/mol. The summed E-state index contributed by atoms with van der Waals surface area (Å²) in [6.45, 7) is 0. The maximum atomic E-state index is 12.2. The Morgan fingerprint density at radius 1 is 1.00 bits per heavy atom. The van der Waals surface area contributed by atoms with Gasteiger partial charge < -0.3 is 0 Å². The van der Waals surface area contributed by atoms with E-state index in [-0.39, 0.29) is 4.90 Å². The van der Waals surface area contributed by atoms with Gasteiger partial charge in [0.05, 0.1) is 4.90 Å². The van der Waals surface area contributed by atoms with Gasteiger partial charge in [-0.05, 0) is 35.9 Å². The summed E-state index contributed by atoms with van der Waals surface area (Å²) in [5.41, 5.74) is 2.57. The van der Waals surface area contributed by atoms with E-state index in [1.165, 1.54) is 23.7 Å². The quantitative estimate of drug-likeness (QED) is 0.446. The van der Waals surface area contributed by atoms with Gasteiger partial charge in [0, 0.05) is 11.8 Å². The van der Waals surface area contributed by atoms with Gasteiger partial charge in [0.15, 0.2) is 0 Å². The fraction of sp³-hybridized carbons (Fsp3) is 0. The molecule has 0 aliphatic rings. The number of carbonyl (C=O) groups excluding carboxylic acids is 1. The van der Waals surface area contributed by atoms with E-state index < -0.39 is 15.9 Å². The Bertz CT molecular complexity index is 769. The molecule has 0 atom stereocenters. The molecule has 0 radical (unpaired) electrons. The minimum atomic E-state index is -3.66. The van der Waals surface area contributed by atoms with Gasteiger partial charge in [0.2, 0.25) is 0 Å². The summed E-state index contributed by atoms with van der Waals surface area (Å²) < 4.78 is 26.9. The number of para-hydroxylation sites is 1. The van der Waals surface area contributed by atoms with Crippen molar-refractivity contribution in [2.75, 3.05) is 4.72 Å². The molecule has 0 bridgehead atoms. The summed E-state index contributed by atoms with van der Waals surface area (Å²) in [4.78, 5) is 11.0. The van der Waals surface area contributed by atoms with E-state index in [0.29, 0.717) is 11.3 Å². The SMILES string of the molecule is O=C(/C=C/c1ccc(S(=O)(=O)Nc2ccccc2)cc1)NO.